The lowest BCUT2D eigenvalue weighted by Crippen LogP contribution is -2.19. The summed E-state index contributed by atoms with van der Waals surface area (Å²) in [5.74, 6) is 0.384. The Balaban J connectivity index is 1.70. The van der Waals surface area contributed by atoms with Crippen LogP contribution < -0.4 is 10.2 Å². The van der Waals surface area contributed by atoms with Crippen molar-refractivity contribution in [2.24, 2.45) is 5.10 Å². The number of aromatic nitrogens is 2. The Bertz CT molecular complexity index is 964. The predicted octanol–water partition coefficient (Wildman–Crippen LogP) is 4.28. The second kappa shape index (κ2) is 8.51. The Morgan fingerprint density at radius 1 is 1.22 bits per heavy atom. The summed E-state index contributed by atoms with van der Waals surface area (Å²) in [6.07, 6.45) is 0. The van der Waals surface area contributed by atoms with Crippen LogP contribution in [0.25, 0.3) is 11.3 Å². The molecule has 3 rings (SSSR count). The van der Waals surface area contributed by atoms with Crippen molar-refractivity contribution in [2.75, 3.05) is 6.61 Å². The number of carbonyl (C=O) groups excluding carboxylic acids is 1. The van der Waals surface area contributed by atoms with Gasteiger partial charge in [-0.2, -0.15) is 10.2 Å². The molecule has 1 aromatic heterocycles. The van der Waals surface area contributed by atoms with Gasteiger partial charge in [-0.25, -0.2) is 5.43 Å². The molecule has 0 fully saturated rings. The van der Waals surface area contributed by atoms with Crippen LogP contribution in [0, 0.1) is 0 Å². The van der Waals surface area contributed by atoms with Gasteiger partial charge in [0.25, 0.3) is 5.91 Å². The van der Waals surface area contributed by atoms with Crippen molar-refractivity contribution in [1.29, 1.82) is 0 Å². The maximum atomic E-state index is 12.3. The van der Waals surface area contributed by atoms with Gasteiger partial charge in [0.15, 0.2) is 0 Å². The van der Waals surface area contributed by atoms with Gasteiger partial charge in [0.1, 0.15) is 11.4 Å². The highest BCUT2D eigenvalue weighted by atomic mass is 35.5. The Hall–Kier alpha value is -3.12. The smallest absolute Gasteiger partial charge is 0.289 e. The van der Waals surface area contributed by atoms with Crippen molar-refractivity contribution in [3.05, 3.63) is 70.9 Å². The first-order chi connectivity index (χ1) is 13.1. The summed E-state index contributed by atoms with van der Waals surface area (Å²) in [4.78, 5) is 12.3. The molecular formula is C20H19ClN4O2. The van der Waals surface area contributed by atoms with Gasteiger partial charge in [0.2, 0.25) is 0 Å². The van der Waals surface area contributed by atoms with Crippen LogP contribution in [0.1, 0.15) is 29.9 Å². The SMILES string of the molecule is CCOc1cccc(-c2cc(C(=O)N/N=C(\C)c3ccc(Cl)cc3)[nH]n2)c1. The van der Waals surface area contributed by atoms with Gasteiger partial charge < -0.3 is 4.74 Å². The average molecular weight is 383 g/mol. The fourth-order valence-electron chi connectivity index (χ4n) is 2.45. The minimum atomic E-state index is -0.372. The van der Waals surface area contributed by atoms with E-state index in [-0.39, 0.29) is 5.91 Å². The van der Waals surface area contributed by atoms with Crippen LogP contribution in [0.2, 0.25) is 5.02 Å². The zero-order valence-corrected chi connectivity index (χ0v) is 15.7. The van der Waals surface area contributed by atoms with E-state index in [2.05, 4.69) is 20.7 Å². The van der Waals surface area contributed by atoms with Crippen LogP contribution >= 0.6 is 11.6 Å². The van der Waals surface area contributed by atoms with Gasteiger partial charge in [0, 0.05) is 10.6 Å². The molecule has 2 N–H and O–H groups in total. The molecule has 0 radical (unpaired) electrons. The van der Waals surface area contributed by atoms with Crippen molar-refractivity contribution in [1.82, 2.24) is 15.6 Å². The third-order valence-electron chi connectivity index (χ3n) is 3.85. The highest BCUT2D eigenvalue weighted by Gasteiger charge is 2.11. The number of amides is 1. The minimum absolute atomic E-state index is 0.319. The maximum Gasteiger partial charge on any atom is 0.289 e. The van der Waals surface area contributed by atoms with Gasteiger partial charge >= 0.3 is 0 Å². The van der Waals surface area contributed by atoms with Crippen LogP contribution in [0.15, 0.2) is 59.7 Å². The lowest BCUT2D eigenvalue weighted by molar-refractivity contribution is 0.0950. The second-order valence-corrected chi connectivity index (χ2v) is 6.21. The van der Waals surface area contributed by atoms with Gasteiger partial charge in [-0.15, -0.1) is 0 Å². The van der Waals surface area contributed by atoms with E-state index in [4.69, 9.17) is 16.3 Å². The number of benzene rings is 2. The number of hydrogen-bond donors (Lipinski definition) is 2. The monoisotopic (exact) mass is 382 g/mol. The Morgan fingerprint density at radius 2 is 2.00 bits per heavy atom. The van der Waals surface area contributed by atoms with E-state index >= 15 is 0 Å². The topological polar surface area (TPSA) is 79.4 Å². The number of hydrogen-bond acceptors (Lipinski definition) is 4. The normalized spacial score (nSPS) is 11.3. The number of aromatic amines is 1. The van der Waals surface area contributed by atoms with Gasteiger partial charge in [-0.1, -0.05) is 35.9 Å². The molecule has 0 bridgehead atoms. The molecule has 7 heteroatoms. The quantitative estimate of drug-likeness (QED) is 0.493. The lowest BCUT2D eigenvalue weighted by Gasteiger charge is -2.03. The van der Waals surface area contributed by atoms with Crippen LogP contribution in [0.4, 0.5) is 0 Å². The highest BCUT2D eigenvalue weighted by molar-refractivity contribution is 6.30. The molecule has 2 aromatic carbocycles. The minimum Gasteiger partial charge on any atom is -0.494 e. The summed E-state index contributed by atoms with van der Waals surface area (Å²) in [7, 11) is 0. The number of carbonyl (C=O) groups is 1. The second-order valence-electron chi connectivity index (χ2n) is 5.77. The summed E-state index contributed by atoms with van der Waals surface area (Å²) < 4.78 is 5.49. The van der Waals surface area contributed by atoms with Crippen molar-refractivity contribution < 1.29 is 9.53 Å². The first-order valence-electron chi connectivity index (χ1n) is 8.46. The van der Waals surface area contributed by atoms with Crippen molar-refractivity contribution in [2.45, 2.75) is 13.8 Å². The molecule has 0 unspecified atom stereocenters. The molecule has 0 aliphatic carbocycles. The molecule has 27 heavy (non-hydrogen) atoms. The average Bonchev–Trinajstić information content (AvgIpc) is 3.17. The molecule has 1 heterocycles. The van der Waals surface area contributed by atoms with Gasteiger partial charge in [-0.05, 0) is 49.7 Å². The number of nitrogens with zero attached hydrogens (tertiary/aromatic N) is 2. The first-order valence-corrected chi connectivity index (χ1v) is 8.84. The van der Waals surface area contributed by atoms with Crippen LogP contribution in [-0.2, 0) is 0 Å². The van der Waals surface area contributed by atoms with E-state index in [9.17, 15) is 4.79 Å². The van der Waals surface area contributed by atoms with Crippen molar-refractivity contribution in [3.8, 4) is 17.0 Å². The zero-order valence-electron chi connectivity index (χ0n) is 15.0. The van der Waals surface area contributed by atoms with E-state index in [0.717, 1.165) is 16.9 Å². The first kappa shape index (κ1) is 18.7. The highest BCUT2D eigenvalue weighted by Crippen LogP contribution is 2.22. The molecule has 0 aliphatic heterocycles. The standard InChI is InChI=1S/C20H19ClN4O2/c1-3-27-17-6-4-5-15(11-17)18-12-19(24-23-18)20(26)25-22-13(2)14-7-9-16(21)10-8-14/h4-12H,3H2,1-2H3,(H,23,24)(H,25,26)/b22-13+. The number of nitrogens with one attached hydrogen (secondary N) is 2. The third-order valence-corrected chi connectivity index (χ3v) is 4.10. The van der Waals surface area contributed by atoms with Crippen molar-refractivity contribution >= 4 is 23.2 Å². The fraction of sp³-hybridized carbons (Fsp3) is 0.150. The zero-order chi connectivity index (χ0) is 19.2. The van der Waals surface area contributed by atoms with Crippen LogP contribution in [0.3, 0.4) is 0 Å². The number of rotatable bonds is 6. The number of H-pyrrole nitrogens is 1. The molecule has 0 saturated carbocycles. The Kier molecular flexibility index (Phi) is 5.88. The molecule has 0 aliphatic rings. The molecule has 0 saturated heterocycles. The third kappa shape index (κ3) is 4.74. The fourth-order valence-corrected chi connectivity index (χ4v) is 2.57. The summed E-state index contributed by atoms with van der Waals surface area (Å²) in [5.41, 5.74) is 5.90. The Labute approximate surface area is 162 Å². The maximum absolute atomic E-state index is 12.3. The summed E-state index contributed by atoms with van der Waals surface area (Å²) in [5, 5.41) is 11.7. The molecular weight excluding hydrogens is 364 g/mol. The Morgan fingerprint density at radius 3 is 2.74 bits per heavy atom. The predicted molar refractivity (Wildman–Crippen MR) is 106 cm³/mol. The number of ether oxygens (including phenoxy) is 1. The largest absolute Gasteiger partial charge is 0.494 e. The molecule has 138 valence electrons. The summed E-state index contributed by atoms with van der Waals surface area (Å²) >= 11 is 5.88. The van der Waals surface area contributed by atoms with E-state index in [1.807, 2.05) is 43.3 Å². The van der Waals surface area contributed by atoms with E-state index < -0.39 is 0 Å². The lowest BCUT2D eigenvalue weighted by atomic mass is 10.1. The van der Waals surface area contributed by atoms with E-state index in [1.165, 1.54) is 0 Å². The molecule has 0 spiro atoms. The molecule has 1 amide bonds. The summed E-state index contributed by atoms with van der Waals surface area (Å²) in [6.45, 7) is 4.32. The number of halogens is 1. The summed E-state index contributed by atoms with van der Waals surface area (Å²) in [6, 6.07) is 16.4. The number of hydrazone groups is 1. The molecule has 3 aromatic rings. The van der Waals surface area contributed by atoms with E-state index in [0.29, 0.717) is 28.7 Å². The van der Waals surface area contributed by atoms with Gasteiger partial charge in [0.05, 0.1) is 18.0 Å². The van der Waals surface area contributed by atoms with E-state index in [1.54, 1.807) is 25.1 Å². The molecule has 0 atom stereocenters. The van der Waals surface area contributed by atoms with Crippen LogP contribution in [0.5, 0.6) is 5.75 Å². The van der Waals surface area contributed by atoms with Crippen molar-refractivity contribution in [3.63, 3.8) is 0 Å². The van der Waals surface area contributed by atoms with Crippen LogP contribution in [-0.4, -0.2) is 28.4 Å². The van der Waals surface area contributed by atoms with Gasteiger partial charge in [-0.3, -0.25) is 9.89 Å². The molecule has 6 nitrogen and oxygen atoms in total.